The molecule has 0 aliphatic heterocycles. The van der Waals surface area contributed by atoms with Crippen LogP contribution in [-0.2, 0) is 17.1 Å². The number of hydrogen-bond acceptors (Lipinski definition) is 4. The van der Waals surface area contributed by atoms with Gasteiger partial charge in [0.15, 0.2) is 0 Å². The Morgan fingerprint density at radius 2 is 0.571 bits per heavy atom. The van der Waals surface area contributed by atoms with Crippen LogP contribution in [0.1, 0.15) is 12.8 Å². The van der Waals surface area contributed by atoms with Crippen LogP contribution >= 0.6 is 0 Å². The number of nitrogens with two attached hydrogens (primary N) is 4. The summed E-state index contributed by atoms with van der Waals surface area (Å²) in [5.41, 5.74) is 20.2. The molecule has 21 heavy (non-hydrogen) atoms. The fraction of sp³-hybridized carbons (Fsp3) is 1.00. The fourth-order valence-electron chi connectivity index (χ4n) is 0.236. The Bertz CT molecular complexity index is 140. The smallest absolute Gasteiger partial charge is 0.418 e. The molecule has 1 radical (unpaired) electrons. The molecule has 0 fully saturated rings. The van der Waals surface area contributed by atoms with Gasteiger partial charge in [-0.1, -0.05) is 0 Å². The van der Waals surface area contributed by atoms with E-state index in [4.69, 9.17) is 22.9 Å². The Hall–Kier alpha value is -0.0706. The number of hydrogen-bond donors (Lipinski definition) is 4. The number of halogens is 8. The van der Waals surface area contributed by atoms with E-state index in [9.17, 15) is 34.5 Å². The van der Waals surface area contributed by atoms with E-state index in [0.29, 0.717) is 0 Å². The van der Waals surface area contributed by atoms with Gasteiger partial charge in [-0.2, -0.15) is 0 Å². The molecule has 137 valence electrons. The maximum absolute atomic E-state index is 9.75. The van der Waals surface area contributed by atoms with Crippen LogP contribution in [0.15, 0.2) is 0 Å². The molecule has 0 spiro atoms. The predicted octanol–water partition coefficient (Wildman–Crippen LogP) is 1.19. The zero-order valence-electron chi connectivity index (χ0n) is 11.0. The summed E-state index contributed by atoms with van der Waals surface area (Å²) < 4.78 is 78.0. The van der Waals surface area contributed by atoms with Crippen LogP contribution in [0.4, 0.5) is 34.5 Å². The third-order valence-corrected chi connectivity index (χ3v) is 0.816. The van der Waals surface area contributed by atoms with Crippen LogP contribution < -0.4 is 22.9 Å². The van der Waals surface area contributed by atoms with E-state index in [1.165, 1.54) is 0 Å². The molecule has 0 saturated carbocycles. The quantitative estimate of drug-likeness (QED) is 0.431. The van der Waals surface area contributed by atoms with Gasteiger partial charge in [0.2, 0.25) is 0 Å². The van der Waals surface area contributed by atoms with Gasteiger partial charge in [0.25, 0.3) is 0 Å². The summed E-state index contributed by atoms with van der Waals surface area (Å²) >= 11 is 0. The van der Waals surface area contributed by atoms with Crippen molar-refractivity contribution in [2.45, 2.75) is 12.8 Å². The second-order valence-electron chi connectivity index (χ2n) is 2.85. The van der Waals surface area contributed by atoms with E-state index < -0.39 is 14.5 Å². The van der Waals surface area contributed by atoms with Gasteiger partial charge in [0, 0.05) is 0 Å². The van der Waals surface area contributed by atoms with Gasteiger partial charge in [-0.05, 0) is 39.0 Å². The largest absolute Gasteiger partial charge is 2.00 e. The molecule has 0 aliphatic carbocycles. The first-order valence-corrected chi connectivity index (χ1v) is 5.38. The monoisotopic (exact) mass is 385 g/mol. The van der Waals surface area contributed by atoms with E-state index in [2.05, 4.69) is 0 Å². The molecular weight excluding hydrogens is 365 g/mol. The molecule has 0 amide bonds. The van der Waals surface area contributed by atoms with Gasteiger partial charge in [-0.25, -0.2) is 0 Å². The molecule has 15 heteroatoms. The second kappa shape index (κ2) is 22.2. The Balaban J connectivity index is -0.0000000533. The van der Waals surface area contributed by atoms with E-state index >= 15 is 0 Å². The first kappa shape index (κ1) is 32.8. The minimum absolute atomic E-state index is 0. The van der Waals surface area contributed by atoms with Crippen molar-refractivity contribution in [1.29, 1.82) is 0 Å². The van der Waals surface area contributed by atoms with Gasteiger partial charge in [0.1, 0.15) is 0 Å². The van der Waals surface area contributed by atoms with Crippen molar-refractivity contribution in [3.8, 4) is 0 Å². The second-order valence-corrected chi connectivity index (χ2v) is 2.85. The first-order valence-electron chi connectivity index (χ1n) is 5.38. The normalized spacial score (nSPS) is 9.71. The summed E-state index contributed by atoms with van der Waals surface area (Å²) in [5, 5.41) is 0. The molecule has 0 saturated heterocycles. The van der Waals surface area contributed by atoms with Crippen LogP contribution in [0.2, 0.25) is 0 Å². The summed E-state index contributed by atoms with van der Waals surface area (Å²) in [6.07, 6.45) is 1.89. The van der Waals surface area contributed by atoms with Gasteiger partial charge in [-0.3, -0.25) is 0 Å². The van der Waals surface area contributed by atoms with E-state index in [-0.39, 0.29) is 17.1 Å². The van der Waals surface area contributed by atoms with Crippen molar-refractivity contribution in [2.24, 2.45) is 22.9 Å². The van der Waals surface area contributed by atoms with Crippen molar-refractivity contribution >= 4 is 14.5 Å². The van der Waals surface area contributed by atoms with Gasteiger partial charge in [0.05, 0.1) is 0 Å². The third-order valence-electron chi connectivity index (χ3n) is 0.816. The molecule has 0 heterocycles. The zero-order chi connectivity index (χ0) is 17.2. The standard InChI is InChI=1S/2C3H10N2.2BF4.Cu/c2*4-2-1-3-5;2*2-1(3,4)5;/h2*1-5H2;;;/q;;2*-1;+2. The summed E-state index contributed by atoms with van der Waals surface area (Å²) in [6, 6.07) is 0. The summed E-state index contributed by atoms with van der Waals surface area (Å²) in [7, 11) is -12.0. The average Bonchev–Trinajstić information content (AvgIpc) is 2.15. The Kier molecular flexibility index (Phi) is 34.7. The SMILES string of the molecule is F[B-](F)(F)F.F[B-](F)(F)F.NCCCN.NCCCN.[Cu+2]. The summed E-state index contributed by atoms with van der Waals surface area (Å²) in [6.45, 7) is 2.88. The maximum Gasteiger partial charge on any atom is 2.00 e. The van der Waals surface area contributed by atoms with Crippen molar-refractivity contribution in [3.05, 3.63) is 0 Å². The van der Waals surface area contributed by atoms with Crippen molar-refractivity contribution < 1.29 is 51.6 Å². The molecular formula is C6H20B2CuF8N4. The van der Waals surface area contributed by atoms with Crippen molar-refractivity contribution in [3.63, 3.8) is 0 Å². The molecule has 4 nitrogen and oxygen atoms in total. The van der Waals surface area contributed by atoms with Gasteiger partial charge < -0.3 is 57.5 Å². The molecule has 0 atom stereocenters. The fourth-order valence-corrected chi connectivity index (χ4v) is 0.236. The van der Waals surface area contributed by atoms with Gasteiger partial charge in [-0.15, -0.1) is 0 Å². The first-order chi connectivity index (χ1) is 8.83. The van der Waals surface area contributed by atoms with Crippen LogP contribution in [0.5, 0.6) is 0 Å². The Morgan fingerprint density at radius 1 is 0.476 bits per heavy atom. The summed E-state index contributed by atoms with van der Waals surface area (Å²) in [5.74, 6) is 0. The minimum Gasteiger partial charge on any atom is -0.418 e. The molecule has 0 aliphatic rings. The average molecular weight is 385 g/mol. The molecule has 0 aromatic heterocycles. The van der Waals surface area contributed by atoms with E-state index in [1.54, 1.807) is 0 Å². The maximum atomic E-state index is 9.75. The molecule has 0 rings (SSSR count). The zero-order valence-corrected chi connectivity index (χ0v) is 12.0. The Labute approximate surface area is 129 Å². The molecule has 0 unspecified atom stereocenters. The van der Waals surface area contributed by atoms with Gasteiger partial charge >= 0.3 is 31.6 Å². The number of rotatable bonds is 4. The van der Waals surface area contributed by atoms with Crippen LogP contribution in [0.3, 0.4) is 0 Å². The van der Waals surface area contributed by atoms with Crippen LogP contribution in [-0.4, -0.2) is 40.7 Å². The summed E-state index contributed by atoms with van der Waals surface area (Å²) in [4.78, 5) is 0. The van der Waals surface area contributed by atoms with Crippen LogP contribution in [0.25, 0.3) is 0 Å². The third kappa shape index (κ3) is 415. The molecule has 0 aromatic carbocycles. The minimum atomic E-state index is -6.00. The van der Waals surface area contributed by atoms with Crippen molar-refractivity contribution in [1.82, 2.24) is 0 Å². The predicted molar refractivity (Wildman–Crippen MR) is 65.8 cm³/mol. The molecule has 0 bridgehead atoms. The van der Waals surface area contributed by atoms with Crippen molar-refractivity contribution in [2.75, 3.05) is 26.2 Å². The molecule has 8 N–H and O–H groups in total. The van der Waals surface area contributed by atoms with Crippen LogP contribution in [0, 0.1) is 0 Å². The topological polar surface area (TPSA) is 104 Å². The van der Waals surface area contributed by atoms with E-state index in [1.807, 2.05) is 0 Å². The molecule has 0 aromatic rings. The van der Waals surface area contributed by atoms with E-state index in [0.717, 1.165) is 39.0 Å². The Morgan fingerprint density at radius 3 is 0.571 bits per heavy atom.